The van der Waals surface area contributed by atoms with Gasteiger partial charge in [-0.3, -0.25) is 0 Å². The number of anilines is 2. The first-order valence-corrected chi connectivity index (χ1v) is 11.8. The lowest BCUT2D eigenvalue weighted by Gasteiger charge is -2.30. The standard InChI is InChI=1S/C27H36N4O2/c1-31(2)24-16-27(30-23-9-6-5-8-21(23)24)29-20-14-12-19(13-15-20)17-28-18-22-25(32-3)10-7-11-26(22)33-4/h5-11,16,19-20,28H,12-15,17-18H2,1-4H3,(H,29,30). The van der Waals surface area contributed by atoms with Crippen LogP contribution in [0.1, 0.15) is 31.2 Å². The largest absolute Gasteiger partial charge is 0.496 e. The van der Waals surface area contributed by atoms with E-state index in [0.29, 0.717) is 12.0 Å². The van der Waals surface area contributed by atoms with Crippen LogP contribution in [0.25, 0.3) is 10.9 Å². The Labute approximate surface area is 197 Å². The van der Waals surface area contributed by atoms with Crippen LogP contribution in [0, 0.1) is 5.92 Å². The maximum Gasteiger partial charge on any atom is 0.128 e. The molecular formula is C27H36N4O2. The molecular weight excluding hydrogens is 412 g/mol. The number of rotatable bonds is 9. The number of benzene rings is 2. The van der Waals surface area contributed by atoms with E-state index in [-0.39, 0.29) is 0 Å². The summed E-state index contributed by atoms with van der Waals surface area (Å²) in [6.07, 6.45) is 4.75. The third kappa shape index (κ3) is 5.50. The van der Waals surface area contributed by atoms with Crippen molar-refractivity contribution in [2.24, 2.45) is 5.92 Å². The Morgan fingerprint density at radius 1 is 0.939 bits per heavy atom. The normalized spacial score (nSPS) is 18.2. The Morgan fingerprint density at radius 2 is 1.64 bits per heavy atom. The van der Waals surface area contributed by atoms with Crippen LogP contribution in [-0.2, 0) is 6.54 Å². The molecule has 6 heteroatoms. The summed E-state index contributed by atoms with van der Waals surface area (Å²) in [5.74, 6) is 3.40. The molecule has 1 heterocycles. The van der Waals surface area contributed by atoms with Gasteiger partial charge in [0.15, 0.2) is 0 Å². The summed E-state index contributed by atoms with van der Waals surface area (Å²) >= 11 is 0. The highest BCUT2D eigenvalue weighted by Gasteiger charge is 2.22. The zero-order valence-electron chi connectivity index (χ0n) is 20.2. The second-order valence-electron chi connectivity index (χ2n) is 9.07. The molecule has 4 rings (SSSR count). The average molecular weight is 449 g/mol. The minimum absolute atomic E-state index is 0.472. The van der Waals surface area contributed by atoms with Crippen molar-refractivity contribution in [1.29, 1.82) is 0 Å². The summed E-state index contributed by atoms with van der Waals surface area (Å²) in [4.78, 5) is 7.03. The topological polar surface area (TPSA) is 58.7 Å². The molecule has 1 saturated carbocycles. The lowest BCUT2D eigenvalue weighted by atomic mass is 9.86. The van der Waals surface area contributed by atoms with Crippen LogP contribution >= 0.6 is 0 Å². The number of para-hydroxylation sites is 1. The highest BCUT2D eigenvalue weighted by Crippen LogP contribution is 2.31. The lowest BCUT2D eigenvalue weighted by Crippen LogP contribution is -2.31. The van der Waals surface area contributed by atoms with Crippen molar-refractivity contribution in [1.82, 2.24) is 10.3 Å². The van der Waals surface area contributed by atoms with Gasteiger partial charge in [0.05, 0.1) is 19.7 Å². The van der Waals surface area contributed by atoms with E-state index in [1.807, 2.05) is 18.2 Å². The minimum atomic E-state index is 0.472. The first-order chi connectivity index (χ1) is 16.1. The highest BCUT2D eigenvalue weighted by atomic mass is 16.5. The molecule has 1 aliphatic carbocycles. The summed E-state index contributed by atoms with van der Waals surface area (Å²) in [5.41, 5.74) is 3.32. The van der Waals surface area contributed by atoms with Crippen LogP contribution < -0.4 is 25.0 Å². The smallest absolute Gasteiger partial charge is 0.128 e. The number of methoxy groups -OCH3 is 2. The number of pyridine rings is 1. The maximum absolute atomic E-state index is 5.51. The van der Waals surface area contributed by atoms with Gasteiger partial charge in [0.2, 0.25) is 0 Å². The van der Waals surface area contributed by atoms with Crippen molar-refractivity contribution >= 4 is 22.4 Å². The maximum atomic E-state index is 5.51. The fourth-order valence-corrected chi connectivity index (χ4v) is 4.82. The molecule has 0 aliphatic heterocycles. The number of nitrogens with zero attached hydrogens (tertiary/aromatic N) is 2. The molecule has 0 spiro atoms. The van der Waals surface area contributed by atoms with E-state index in [9.17, 15) is 0 Å². The Kier molecular flexibility index (Phi) is 7.55. The van der Waals surface area contributed by atoms with E-state index >= 15 is 0 Å². The molecule has 1 fully saturated rings. The van der Waals surface area contributed by atoms with Crippen molar-refractivity contribution in [2.45, 2.75) is 38.3 Å². The number of aromatic nitrogens is 1. The molecule has 0 amide bonds. The van der Waals surface area contributed by atoms with Crippen LogP contribution in [-0.4, -0.2) is 45.9 Å². The van der Waals surface area contributed by atoms with Gasteiger partial charge in [0, 0.05) is 49.4 Å². The molecule has 3 aromatic rings. The summed E-state index contributed by atoms with van der Waals surface area (Å²) in [6, 6.07) is 16.9. The van der Waals surface area contributed by atoms with E-state index in [4.69, 9.17) is 14.5 Å². The zero-order valence-corrected chi connectivity index (χ0v) is 20.2. The van der Waals surface area contributed by atoms with E-state index < -0.39 is 0 Å². The molecule has 0 unspecified atom stereocenters. The van der Waals surface area contributed by atoms with Crippen LogP contribution in [0.15, 0.2) is 48.5 Å². The van der Waals surface area contributed by atoms with Crippen molar-refractivity contribution in [3.63, 3.8) is 0 Å². The minimum Gasteiger partial charge on any atom is -0.496 e. The SMILES string of the molecule is COc1cccc(OC)c1CNCC1CCC(Nc2cc(N(C)C)c3ccccc3n2)CC1. The second-order valence-corrected chi connectivity index (χ2v) is 9.07. The number of nitrogens with one attached hydrogen (secondary N) is 2. The zero-order chi connectivity index (χ0) is 23.2. The lowest BCUT2D eigenvalue weighted by molar-refractivity contribution is 0.321. The Balaban J connectivity index is 1.30. The molecule has 0 atom stereocenters. The number of fused-ring (bicyclic) bond motifs is 1. The van der Waals surface area contributed by atoms with Gasteiger partial charge in [0.1, 0.15) is 17.3 Å². The fourth-order valence-electron chi connectivity index (χ4n) is 4.82. The predicted molar refractivity (Wildman–Crippen MR) is 137 cm³/mol. The third-order valence-corrected chi connectivity index (χ3v) is 6.64. The Hall–Kier alpha value is -2.99. The van der Waals surface area contributed by atoms with Crippen molar-refractivity contribution in [2.75, 3.05) is 45.1 Å². The average Bonchev–Trinajstić information content (AvgIpc) is 2.84. The summed E-state index contributed by atoms with van der Waals surface area (Å²) in [7, 11) is 7.59. The van der Waals surface area contributed by atoms with Crippen LogP contribution in [0.5, 0.6) is 11.5 Å². The van der Waals surface area contributed by atoms with Crippen molar-refractivity contribution in [3.05, 3.63) is 54.1 Å². The number of ether oxygens (including phenoxy) is 2. The van der Waals surface area contributed by atoms with E-state index in [1.165, 1.54) is 23.9 Å². The summed E-state index contributed by atoms with van der Waals surface area (Å²) in [5, 5.41) is 8.53. The van der Waals surface area contributed by atoms with Gasteiger partial charge in [0.25, 0.3) is 0 Å². The summed E-state index contributed by atoms with van der Waals surface area (Å²) < 4.78 is 11.0. The second kappa shape index (κ2) is 10.8. The van der Waals surface area contributed by atoms with Crippen LogP contribution in [0.4, 0.5) is 11.5 Å². The molecule has 0 bridgehead atoms. The van der Waals surface area contributed by atoms with E-state index in [1.54, 1.807) is 14.2 Å². The molecule has 2 N–H and O–H groups in total. The monoisotopic (exact) mass is 448 g/mol. The number of hydrogen-bond acceptors (Lipinski definition) is 6. The van der Waals surface area contributed by atoms with Gasteiger partial charge >= 0.3 is 0 Å². The van der Waals surface area contributed by atoms with Crippen LogP contribution in [0.2, 0.25) is 0 Å². The molecule has 0 saturated heterocycles. The third-order valence-electron chi connectivity index (χ3n) is 6.64. The van der Waals surface area contributed by atoms with Gasteiger partial charge in [-0.1, -0.05) is 24.3 Å². The van der Waals surface area contributed by atoms with Crippen molar-refractivity contribution in [3.8, 4) is 11.5 Å². The van der Waals surface area contributed by atoms with Crippen molar-refractivity contribution < 1.29 is 9.47 Å². The van der Waals surface area contributed by atoms with E-state index in [0.717, 1.165) is 54.3 Å². The molecule has 1 aliphatic rings. The Morgan fingerprint density at radius 3 is 2.30 bits per heavy atom. The molecule has 176 valence electrons. The molecule has 33 heavy (non-hydrogen) atoms. The fraction of sp³-hybridized carbons (Fsp3) is 0.444. The van der Waals surface area contributed by atoms with Gasteiger partial charge in [-0.2, -0.15) is 0 Å². The van der Waals surface area contributed by atoms with Gasteiger partial charge < -0.3 is 25.0 Å². The summed E-state index contributed by atoms with van der Waals surface area (Å²) in [6.45, 7) is 1.76. The molecule has 1 aromatic heterocycles. The van der Waals surface area contributed by atoms with Gasteiger partial charge in [-0.05, 0) is 56.3 Å². The molecule has 6 nitrogen and oxygen atoms in total. The number of hydrogen-bond donors (Lipinski definition) is 2. The highest BCUT2D eigenvalue weighted by molar-refractivity contribution is 5.93. The van der Waals surface area contributed by atoms with Gasteiger partial charge in [-0.15, -0.1) is 0 Å². The van der Waals surface area contributed by atoms with Gasteiger partial charge in [-0.25, -0.2) is 4.98 Å². The predicted octanol–water partition coefficient (Wildman–Crippen LogP) is 5.08. The first kappa shape index (κ1) is 23.2. The van der Waals surface area contributed by atoms with E-state index in [2.05, 4.69) is 60.0 Å². The molecule has 2 aromatic carbocycles. The van der Waals surface area contributed by atoms with Crippen LogP contribution in [0.3, 0.4) is 0 Å². The quantitative estimate of drug-likeness (QED) is 0.476. The first-order valence-electron chi connectivity index (χ1n) is 11.8. The molecule has 0 radical (unpaired) electrons. The Bertz CT molecular complexity index is 1040.